The molecule has 3 rings (SSSR count). The van der Waals surface area contributed by atoms with Gasteiger partial charge in [-0.25, -0.2) is 18.2 Å². The zero-order valence-corrected chi connectivity index (χ0v) is 14.1. The van der Waals surface area contributed by atoms with Crippen LogP contribution >= 0.6 is 15.9 Å². The molecule has 0 nitrogen and oxygen atoms in total. The van der Waals surface area contributed by atoms with E-state index in [0.717, 1.165) is 10.9 Å². The Morgan fingerprint density at radius 1 is 0.900 bits per heavy atom. The number of hydrogen-bond donors (Lipinski definition) is 0. The number of rotatable bonds is 2. The molecule has 104 valence electrons. The Hall–Kier alpha value is -1.08. The summed E-state index contributed by atoms with van der Waals surface area (Å²) in [6.45, 7) is 2.16. The molecule has 0 heterocycles. The number of aryl methyl sites for hydroxylation is 1. The second kappa shape index (κ2) is 8.97. The van der Waals surface area contributed by atoms with Gasteiger partial charge >= 0.3 is 17.1 Å². The van der Waals surface area contributed by atoms with Gasteiger partial charge in [-0.05, 0) is 24.5 Å². The Kier molecular flexibility index (Phi) is 7.61. The molecule has 0 amide bonds. The van der Waals surface area contributed by atoms with Crippen LogP contribution in [0.4, 0.5) is 0 Å². The van der Waals surface area contributed by atoms with Gasteiger partial charge in [0.1, 0.15) is 0 Å². The van der Waals surface area contributed by atoms with Crippen molar-refractivity contribution in [2.24, 2.45) is 0 Å². The maximum absolute atomic E-state index is 3.28. The fourth-order valence-electron chi connectivity index (χ4n) is 1.91. The third-order valence-corrected chi connectivity index (χ3v) is 3.54. The summed E-state index contributed by atoms with van der Waals surface area (Å²) >= 11 is 3.28. The average Bonchev–Trinajstić information content (AvgIpc) is 3.06. The van der Waals surface area contributed by atoms with Gasteiger partial charge in [0.05, 0.1) is 0 Å². The molecule has 0 saturated carbocycles. The Morgan fingerprint density at radius 2 is 1.60 bits per heavy atom. The predicted octanol–water partition coefficient (Wildman–Crippen LogP) is 5.47. The van der Waals surface area contributed by atoms with Gasteiger partial charge in [-0.2, -0.15) is 35.9 Å². The summed E-state index contributed by atoms with van der Waals surface area (Å²) in [4.78, 5) is 0. The van der Waals surface area contributed by atoms with Gasteiger partial charge in [0.15, 0.2) is 0 Å². The van der Waals surface area contributed by atoms with E-state index in [1.54, 1.807) is 0 Å². The van der Waals surface area contributed by atoms with E-state index in [-0.39, 0.29) is 17.1 Å². The summed E-state index contributed by atoms with van der Waals surface area (Å²) in [6.07, 6.45) is 1.06. The van der Waals surface area contributed by atoms with Crippen molar-refractivity contribution in [2.75, 3.05) is 0 Å². The first-order valence-corrected chi connectivity index (χ1v) is 7.17. The maximum Gasteiger partial charge on any atom is 2.00 e. The van der Waals surface area contributed by atoms with E-state index < -0.39 is 0 Å². The largest absolute Gasteiger partial charge is 2.00 e. The minimum atomic E-state index is 0. The van der Waals surface area contributed by atoms with Crippen LogP contribution in [0.5, 0.6) is 0 Å². The van der Waals surface area contributed by atoms with E-state index in [4.69, 9.17) is 0 Å². The van der Waals surface area contributed by atoms with Crippen molar-refractivity contribution in [1.29, 1.82) is 0 Å². The molecule has 0 bridgehead atoms. The van der Waals surface area contributed by atoms with Gasteiger partial charge in [-0.1, -0.05) is 40.2 Å². The molecule has 0 saturated heterocycles. The summed E-state index contributed by atoms with van der Waals surface area (Å²) in [5.41, 5.74) is 4.20. The van der Waals surface area contributed by atoms with Gasteiger partial charge in [-0.3, -0.25) is 0 Å². The van der Waals surface area contributed by atoms with Crippen LogP contribution in [0.15, 0.2) is 77.3 Å². The maximum atomic E-state index is 3.28. The van der Waals surface area contributed by atoms with Gasteiger partial charge in [-0.15, -0.1) is 4.47 Å². The van der Waals surface area contributed by atoms with Crippen molar-refractivity contribution in [1.82, 2.24) is 0 Å². The van der Waals surface area contributed by atoms with Crippen molar-refractivity contribution in [3.8, 4) is 0 Å². The Balaban J connectivity index is 0.000000243. The summed E-state index contributed by atoms with van der Waals surface area (Å²) in [6, 6.07) is 25.1. The molecule has 3 aromatic rings. The monoisotopic (exact) mass is 368 g/mol. The SMILES string of the molecule is Brc1ccc[cH-]1.Cc1ccccc1Cc1ccc[cH-]1.[Fe+2]. The molecular weight excluding hydrogens is 352 g/mol. The van der Waals surface area contributed by atoms with Crippen LogP contribution in [0, 0.1) is 6.92 Å². The fraction of sp³-hybridized carbons (Fsp3) is 0.111. The van der Waals surface area contributed by atoms with Gasteiger partial charge in [0, 0.05) is 0 Å². The average molecular weight is 369 g/mol. The molecule has 0 radical (unpaired) electrons. The van der Waals surface area contributed by atoms with Gasteiger partial charge in [0.25, 0.3) is 0 Å². The smallest absolute Gasteiger partial charge is 0.213 e. The molecule has 0 aliphatic heterocycles. The molecule has 20 heavy (non-hydrogen) atoms. The van der Waals surface area contributed by atoms with E-state index in [1.807, 2.05) is 24.3 Å². The molecular formula is C18H17BrFe. The van der Waals surface area contributed by atoms with Crippen LogP contribution in [-0.4, -0.2) is 0 Å². The van der Waals surface area contributed by atoms with E-state index >= 15 is 0 Å². The topological polar surface area (TPSA) is 0 Å². The van der Waals surface area contributed by atoms with Crippen LogP contribution in [0.25, 0.3) is 0 Å². The molecule has 2 heteroatoms. The van der Waals surface area contributed by atoms with Crippen molar-refractivity contribution in [2.45, 2.75) is 13.3 Å². The zero-order valence-electron chi connectivity index (χ0n) is 11.4. The van der Waals surface area contributed by atoms with Gasteiger partial charge in [0.2, 0.25) is 0 Å². The number of halogens is 1. The van der Waals surface area contributed by atoms with E-state index in [2.05, 4.69) is 71.4 Å². The van der Waals surface area contributed by atoms with Crippen LogP contribution in [0.1, 0.15) is 16.7 Å². The van der Waals surface area contributed by atoms with Crippen LogP contribution in [-0.2, 0) is 23.5 Å². The second-order valence-electron chi connectivity index (χ2n) is 4.50. The summed E-state index contributed by atoms with van der Waals surface area (Å²) in [5.74, 6) is 0. The van der Waals surface area contributed by atoms with Crippen molar-refractivity contribution in [3.63, 3.8) is 0 Å². The van der Waals surface area contributed by atoms with E-state index in [0.29, 0.717) is 0 Å². The second-order valence-corrected chi connectivity index (χ2v) is 5.42. The molecule has 0 aliphatic rings. The number of benzene rings is 1. The van der Waals surface area contributed by atoms with Crippen LogP contribution in [0.2, 0.25) is 0 Å². The minimum Gasteiger partial charge on any atom is -0.213 e. The molecule has 0 N–H and O–H groups in total. The molecule has 0 atom stereocenters. The molecule has 0 fully saturated rings. The molecule has 0 aliphatic carbocycles. The van der Waals surface area contributed by atoms with Gasteiger partial charge < -0.3 is 0 Å². The van der Waals surface area contributed by atoms with E-state index in [9.17, 15) is 0 Å². The first kappa shape index (κ1) is 17.0. The van der Waals surface area contributed by atoms with Crippen molar-refractivity contribution < 1.29 is 17.1 Å². The van der Waals surface area contributed by atoms with E-state index in [1.165, 1.54) is 16.7 Å². The molecule has 3 aromatic carbocycles. The first-order chi connectivity index (χ1) is 9.25. The van der Waals surface area contributed by atoms with Crippen LogP contribution < -0.4 is 0 Å². The number of hydrogen-bond acceptors (Lipinski definition) is 0. The fourth-order valence-corrected chi connectivity index (χ4v) is 2.22. The normalized spacial score (nSPS) is 9.30. The summed E-state index contributed by atoms with van der Waals surface area (Å²) in [7, 11) is 0. The Labute approximate surface area is 140 Å². The minimum absolute atomic E-state index is 0. The zero-order chi connectivity index (χ0) is 13.5. The third kappa shape index (κ3) is 5.50. The quantitative estimate of drug-likeness (QED) is 0.415. The predicted molar refractivity (Wildman–Crippen MR) is 85.8 cm³/mol. The van der Waals surface area contributed by atoms with Crippen molar-refractivity contribution >= 4 is 15.9 Å². The van der Waals surface area contributed by atoms with Crippen molar-refractivity contribution in [3.05, 3.63) is 94.0 Å². The summed E-state index contributed by atoms with van der Waals surface area (Å²) in [5, 5.41) is 0. The van der Waals surface area contributed by atoms with Crippen LogP contribution in [0.3, 0.4) is 0 Å². The summed E-state index contributed by atoms with van der Waals surface area (Å²) < 4.78 is 1.16. The Morgan fingerprint density at radius 3 is 2.10 bits per heavy atom. The molecule has 0 unspecified atom stereocenters. The molecule has 0 aromatic heterocycles. The first-order valence-electron chi connectivity index (χ1n) is 6.38. The third-order valence-electron chi connectivity index (χ3n) is 3.01. The standard InChI is InChI=1S/C13H13.C5H4Br.Fe/c1-11-6-2-5-9-13(11)10-12-7-3-4-8-12;6-5-3-1-2-4-5;/h2-9H,10H2,1H3;1-4H;/q2*-1;+2. The molecule has 0 spiro atoms. The Bertz CT molecular complexity index is 580.